The smallest absolute Gasteiger partial charge is 0.221 e. The van der Waals surface area contributed by atoms with E-state index < -0.39 is 0 Å². The Balaban J connectivity index is 1.76. The number of para-hydroxylation sites is 1. The molecular weight excluding hydrogens is 314 g/mol. The summed E-state index contributed by atoms with van der Waals surface area (Å²) in [5, 5.41) is 10.4. The van der Waals surface area contributed by atoms with Crippen LogP contribution >= 0.6 is 0 Å². The molecule has 25 heavy (non-hydrogen) atoms. The quantitative estimate of drug-likeness (QED) is 0.694. The first-order valence-corrected chi connectivity index (χ1v) is 8.21. The number of amides is 1. The zero-order chi connectivity index (χ0) is 17.5. The summed E-state index contributed by atoms with van der Waals surface area (Å²) in [5.41, 5.74) is 2.02. The van der Waals surface area contributed by atoms with E-state index in [1.807, 2.05) is 60.7 Å². The Labute approximate surface area is 146 Å². The minimum absolute atomic E-state index is 0.00845. The summed E-state index contributed by atoms with van der Waals surface area (Å²) >= 11 is 0. The maximum atomic E-state index is 11.9. The number of benzene rings is 2. The van der Waals surface area contributed by atoms with Crippen molar-refractivity contribution in [2.75, 3.05) is 7.05 Å². The van der Waals surface area contributed by atoms with Crippen molar-refractivity contribution >= 4 is 5.91 Å². The number of nitrogens with one attached hydrogen (secondary N) is 2. The highest BCUT2D eigenvalue weighted by Gasteiger charge is 2.16. The molecule has 3 aromatic rings. The molecule has 0 bridgehead atoms. The molecule has 0 aliphatic heterocycles. The molecule has 1 aromatic heterocycles. The largest absolute Gasteiger partial charge is 0.359 e. The minimum Gasteiger partial charge on any atom is -0.359 e. The van der Waals surface area contributed by atoms with Crippen LogP contribution in [0.5, 0.6) is 0 Å². The van der Waals surface area contributed by atoms with Gasteiger partial charge in [0.25, 0.3) is 0 Å². The summed E-state index contributed by atoms with van der Waals surface area (Å²) in [7, 11) is 1.65. The van der Waals surface area contributed by atoms with Gasteiger partial charge in [-0.25, -0.2) is 9.67 Å². The summed E-state index contributed by atoms with van der Waals surface area (Å²) in [6.07, 6.45) is 1.90. The Hall–Kier alpha value is -2.99. The maximum Gasteiger partial charge on any atom is 0.221 e. The van der Waals surface area contributed by atoms with Gasteiger partial charge in [0.05, 0.1) is 12.2 Å². The predicted octanol–water partition coefficient (Wildman–Crippen LogP) is 2.23. The third-order valence-electron chi connectivity index (χ3n) is 4.00. The molecule has 0 saturated carbocycles. The summed E-state index contributed by atoms with van der Waals surface area (Å²) in [5.74, 6) is 0.787. The summed E-state index contributed by atoms with van der Waals surface area (Å²) in [6, 6.07) is 19.7. The molecule has 0 aliphatic rings. The van der Waals surface area contributed by atoms with E-state index in [0.29, 0.717) is 13.0 Å². The lowest BCUT2D eigenvalue weighted by atomic mass is 10.0. The third-order valence-corrected chi connectivity index (χ3v) is 4.00. The highest BCUT2D eigenvalue weighted by Crippen LogP contribution is 2.17. The molecule has 128 valence electrons. The lowest BCUT2D eigenvalue weighted by molar-refractivity contribution is -0.121. The standard InChI is InChI=1S/C19H21N5O/c1-20-19(25)12-17(15-8-4-2-5-9-15)21-13-18-22-14-23-24(18)16-10-6-3-7-11-16/h2-11,14,17,21H,12-13H2,1H3,(H,20,25)/t17-/m1/s1. The fraction of sp³-hybridized carbons (Fsp3) is 0.211. The van der Waals surface area contributed by atoms with Crippen LogP contribution in [-0.2, 0) is 11.3 Å². The van der Waals surface area contributed by atoms with Gasteiger partial charge in [0, 0.05) is 19.5 Å². The number of hydrogen-bond donors (Lipinski definition) is 2. The van der Waals surface area contributed by atoms with Gasteiger partial charge >= 0.3 is 0 Å². The van der Waals surface area contributed by atoms with Crippen LogP contribution in [-0.4, -0.2) is 27.7 Å². The van der Waals surface area contributed by atoms with Crippen LogP contribution in [0.25, 0.3) is 5.69 Å². The van der Waals surface area contributed by atoms with Crippen molar-refractivity contribution in [3.05, 3.63) is 78.4 Å². The topological polar surface area (TPSA) is 71.8 Å². The van der Waals surface area contributed by atoms with Gasteiger partial charge in [0.1, 0.15) is 12.2 Å². The number of rotatable bonds is 7. The van der Waals surface area contributed by atoms with Crippen molar-refractivity contribution in [1.82, 2.24) is 25.4 Å². The molecule has 1 amide bonds. The minimum atomic E-state index is -0.0953. The molecule has 3 rings (SSSR count). The van der Waals surface area contributed by atoms with Crippen LogP contribution < -0.4 is 10.6 Å². The van der Waals surface area contributed by atoms with Crippen molar-refractivity contribution in [3.63, 3.8) is 0 Å². The van der Waals surface area contributed by atoms with Gasteiger partial charge in [-0.15, -0.1) is 0 Å². The van der Waals surface area contributed by atoms with Crippen molar-refractivity contribution < 1.29 is 4.79 Å². The highest BCUT2D eigenvalue weighted by atomic mass is 16.1. The SMILES string of the molecule is CNC(=O)C[C@@H](NCc1ncnn1-c1ccccc1)c1ccccc1. The molecule has 6 nitrogen and oxygen atoms in total. The second-order valence-corrected chi connectivity index (χ2v) is 5.65. The normalized spacial score (nSPS) is 11.9. The van der Waals surface area contributed by atoms with E-state index >= 15 is 0 Å². The zero-order valence-corrected chi connectivity index (χ0v) is 14.1. The van der Waals surface area contributed by atoms with Gasteiger partial charge in [0.2, 0.25) is 5.91 Å². The first-order chi connectivity index (χ1) is 12.3. The molecule has 2 N–H and O–H groups in total. The number of aromatic nitrogens is 3. The number of hydrogen-bond acceptors (Lipinski definition) is 4. The summed E-state index contributed by atoms with van der Waals surface area (Å²) < 4.78 is 1.80. The average Bonchev–Trinajstić information content (AvgIpc) is 3.15. The lowest BCUT2D eigenvalue weighted by Gasteiger charge is -2.18. The van der Waals surface area contributed by atoms with E-state index in [1.165, 1.54) is 0 Å². The first kappa shape index (κ1) is 16.9. The summed E-state index contributed by atoms with van der Waals surface area (Å²) in [4.78, 5) is 16.2. The van der Waals surface area contributed by atoms with Crippen LogP contribution in [0.3, 0.4) is 0 Å². The van der Waals surface area contributed by atoms with E-state index in [9.17, 15) is 4.79 Å². The van der Waals surface area contributed by atoms with Crippen LogP contribution in [0, 0.1) is 0 Å². The molecule has 0 fully saturated rings. The number of carbonyl (C=O) groups excluding carboxylic acids is 1. The van der Waals surface area contributed by atoms with Crippen molar-refractivity contribution in [1.29, 1.82) is 0 Å². The number of nitrogens with zero attached hydrogens (tertiary/aromatic N) is 3. The van der Waals surface area contributed by atoms with Crippen LogP contribution in [0.4, 0.5) is 0 Å². The molecule has 0 unspecified atom stereocenters. The van der Waals surface area contributed by atoms with Gasteiger partial charge in [-0.05, 0) is 17.7 Å². The Morgan fingerprint density at radius 1 is 1.08 bits per heavy atom. The highest BCUT2D eigenvalue weighted by molar-refractivity contribution is 5.76. The molecule has 0 saturated heterocycles. The Morgan fingerprint density at radius 2 is 1.76 bits per heavy atom. The molecule has 0 aliphatic carbocycles. The summed E-state index contributed by atoms with van der Waals surface area (Å²) in [6.45, 7) is 0.505. The Bertz CT molecular complexity index is 801. The maximum absolute atomic E-state index is 11.9. The molecule has 6 heteroatoms. The van der Waals surface area contributed by atoms with Gasteiger partial charge in [-0.2, -0.15) is 5.10 Å². The van der Waals surface area contributed by atoms with Crippen LogP contribution in [0.1, 0.15) is 23.9 Å². The molecular formula is C19H21N5O. The number of carbonyl (C=O) groups is 1. The van der Waals surface area contributed by atoms with Crippen molar-refractivity contribution in [2.45, 2.75) is 19.0 Å². The van der Waals surface area contributed by atoms with Crippen molar-refractivity contribution in [2.24, 2.45) is 0 Å². The fourth-order valence-corrected chi connectivity index (χ4v) is 2.67. The van der Waals surface area contributed by atoms with Gasteiger partial charge < -0.3 is 10.6 Å². The van der Waals surface area contributed by atoms with E-state index in [2.05, 4.69) is 20.7 Å². The van der Waals surface area contributed by atoms with Crippen LogP contribution in [0.15, 0.2) is 67.0 Å². The molecule has 1 atom stereocenters. The first-order valence-electron chi connectivity index (χ1n) is 8.21. The van der Waals surface area contributed by atoms with E-state index in [1.54, 1.807) is 18.1 Å². The van der Waals surface area contributed by atoms with Gasteiger partial charge in [0.15, 0.2) is 0 Å². The fourth-order valence-electron chi connectivity index (χ4n) is 2.67. The second-order valence-electron chi connectivity index (χ2n) is 5.65. The van der Waals surface area contributed by atoms with Crippen molar-refractivity contribution in [3.8, 4) is 5.69 Å². The van der Waals surface area contributed by atoms with Crippen LogP contribution in [0.2, 0.25) is 0 Å². The molecule has 2 aromatic carbocycles. The van der Waals surface area contributed by atoms with E-state index in [4.69, 9.17) is 0 Å². The molecule has 0 radical (unpaired) electrons. The van der Waals surface area contributed by atoms with E-state index in [-0.39, 0.29) is 11.9 Å². The third kappa shape index (κ3) is 4.30. The predicted molar refractivity (Wildman–Crippen MR) is 96.1 cm³/mol. The Kier molecular flexibility index (Phi) is 5.53. The average molecular weight is 335 g/mol. The molecule has 0 spiro atoms. The molecule has 1 heterocycles. The Morgan fingerprint density at radius 3 is 2.44 bits per heavy atom. The van der Waals surface area contributed by atoms with E-state index in [0.717, 1.165) is 17.1 Å². The second kappa shape index (κ2) is 8.21. The zero-order valence-electron chi connectivity index (χ0n) is 14.1. The van der Waals surface area contributed by atoms with Gasteiger partial charge in [-0.3, -0.25) is 4.79 Å². The van der Waals surface area contributed by atoms with Gasteiger partial charge in [-0.1, -0.05) is 48.5 Å². The monoisotopic (exact) mass is 335 g/mol. The lowest BCUT2D eigenvalue weighted by Crippen LogP contribution is -2.29.